The number of hydrogen-bond acceptors (Lipinski definition) is 5. The third-order valence-electron chi connectivity index (χ3n) is 2.88. The fourth-order valence-corrected chi connectivity index (χ4v) is 2.09. The number of carbonyl (C=O) groups is 2. The van der Waals surface area contributed by atoms with Crippen LogP contribution in [-0.2, 0) is 4.79 Å². The molecule has 110 valence electrons. The number of carbonyl (C=O) groups excluding carboxylic acids is 1. The number of fused-ring (bicyclic) bond motifs is 1. The molecule has 1 amide bonds. The van der Waals surface area contributed by atoms with Crippen LogP contribution in [0.25, 0.3) is 11.0 Å². The van der Waals surface area contributed by atoms with E-state index in [-0.39, 0.29) is 23.2 Å². The Kier molecular flexibility index (Phi) is 4.64. The normalized spacial score (nSPS) is 12.0. The summed E-state index contributed by atoms with van der Waals surface area (Å²) >= 11 is 3.94. The average Bonchev–Trinajstić information content (AvgIpc) is 2.46. The third kappa shape index (κ3) is 3.43. The zero-order valence-corrected chi connectivity index (χ0v) is 11.8. The minimum absolute atomic E-state index is 0.169. The number of thiol groups is 1. The summed E-state index contributed by atoms with van der Waals surface area (Å²) in [4.78, 5) is 34.9. The maximum absolute atomic E-state index is 12.0. The minimum Gasteiger partial charge on any atom is -0.480 e. The molecule has 0 aliphatic rings. The van der Waals surface area contributed by atoms with Crippen LogP contribution in [0.2, 0.25) is 0 Å². The average molecular weight is 307 g/mol. The molecular weight excluding hydrogens is 294 g/mol. The number of aliphatic carboxylic acids is 1. The Labute approximate surface area is 125 Å². The van der Waals surface area contributed by atoms with Gasteiger partial charge < -0.3 is 14.8 Å². The van der Waals surface area contributed by atoms with Crippen LogP contribution in [0.4, 0.5) is 0 Å². The molecular formula is C14H13NO5S. The van der Waals surface area contributed by atoms with E-state index >= 15 is 0 Å². The second-order valence-electron chi connectivity index (χ2n) is 4.35. The molecule has 0 saturated carbocycles. The quantitative estimate of drug-likeness (QED) is 0.723. The fraction of sp³-hybridized carbons (Fsp3) is 0.214. The zero-order chi connectivity index (χ0) is 15.4. The Morgan fingerprint density at radius 3 is 2.71 bits per heavy atom. The van der Waals surface area contributed by atoms with E-state index < -0.39 is 17.9 Å². The summed E-state index contributed by atoms with van der Waals surface area (Å²) in [5, 5.41) is 11.7. The molecule has 1 aromatic carbocycles. The van der Waals surface area contributed by atoms with Gasteiger partial charge in [-0.15, -0.1) is 0 Å². The molecule has 1 atom stereocenters. The van der Waals surface area contributed by atoms with Gasteiger partial charge in [0.15, 0.2) is 11.2 Å². The Morgan fingerprint density at radius 2 is 2.05 bits per heavy atom. The summed E-state index contributed by atoms with van der Waals surface area (Å²) in [6, 6.07) is 6.49. The van der Waals surface area contributed by atoms with Crippen molar-refractivity contribution in [3.63, 3.8) is 0 Å². The predicted octanol–water partition coefficient (Wildman–Crippen LogP) is 1.30. The van der Waals surface area contributed by atoms with E-state index in [4.69, 9.17) is 9.52 Å². The second kappa shape index (κ2) is 6.45. The molecule has 0 fully saturated rings. The first-order valence-corrected chi connectivity index (χ1v) is 6.83. The third-order valence-corrected chi connectivity index (χ3v) is 3.14. The van der Waals surface area contributed by atoms with E-state index in [9.17, 15) is 14.4 Å². The number of benzene rings is 1. The number of amides is 1. The molecule has 0 aliphatic carbocycles. The topological polar surface area (TPSA) is 96.6 Å². The van der Waals surface area contributed by atoms with E-state index in [1.807, 2.05) is 0 Å². The Morgan fingerprint density at radius 1 is 1.33 bits per heavy atom. The first kappa shape index (κ1) is 15.1. The first-order chi connectivity index (χ1) is 10.0. The fourth-order valence-electron chi connectivity index (χ4n) is 1.83. The van der Waals surface area contributed by atoms with Crippen molar-refractivity contribution in [2.75, 3.05) is 5.75 Å². The van der Waals surface area contributed by atoms with Gasteiger partial charge in [0.25, 0.3) is 5.91 Å². The maximum Gasteiger partial charge on any atom is 0.326 e. The zero-order valence-electron chi connectivity index (χ0n) is 10.9. The molecule has 2 rings (SSSR count). The molecule has 0 radical (unpaired) electrons. The molecule has 6 nitrogen and oxygen atoms in total. The standard InChI is InChI=1S/C14H13NO5S/c16-10-7-12(20-11-4-2-1-3-8(10)11)13(17)15-9(5-6-21)14(18)19/h1-4,7,9,21H,5-6H2,(H,15,17)(H,18,19)/t9-/m1/s1. The Bertz CT molecular complexity index is 739. The van der Waals surface area contributed by atoms with Gasteiger partial charge in [-0.2, -0.15) is 12.6 Å². The lowest BCUT2D eigenvalue weighted by Crippen LogP contribution is -2.41. The van der Waals surface area contributed by atoms with E-state index in [0.717, 1.165) is 6.07 Å². The molecule has 7 heteroatoms. The van der Waals surface area contributed by atoms with Crippen LogP contribution in [0, 0.1) is 0 Å². The molecule has 0 aliphatic heterocycles. The molecule has 0 spiro atoms. The molecule has 2 aromatic rings. The largest absolute Gasteiger partial charge is 0.480 e. The summed E-state index contributed by atoms with van der Waals surface area (Å²) in [6.07, 6.45) is 0.169. The first-order valence-electron chi connectivity index (χ1n) is 6.20. The van der Waals surface area contributed by atoms with Gasteiger partial charge in [0.1, 0.15) is 11.6 Å². The Balaban J connectivity index is 2.31. The van der Waals surface area contributed by atoms with Gasteiger partial charge in [0, 0.05) is 6.07 Å². The lowest BCUT2D eigenvalue weighted by molar-refractivity contribution is -0.139. The van der Waals surface area contributed by atoms with Crippen LogP contribution in [-0.4, -0.2) is 28.8 Å². The molecule has 2 N–H and O–H groups in total. The summed E-state index contributed by atoms with van der Waals surface area (Å²) < 4.78 is 5.34. The summed E-state index contributed by atoms with van der Waals surface area (Å²) in [5.74, 6) is -1.82. The second-order valence-corrected chi connectivity index (χ2v) is 4.79. The van der Waals surface area contributed by atoms with Crippen molar-refractivity contribution in [1.82, 2.24) is 5.32 Å². The highest BCUT2D eigenvalue weighted by Gasteiger charge is 2.21. The summed E-state index contributed by atoms with van der Waals surface area (Å²) in [6.45, 7) is 0. The number of rotatable bonds is 5. The van der Waals surface area contributed by atoms with Crippen LogP contribution in [0.1, 0.15) is 17.0 Å². The van der Waals surface area contributed by atoms with Crippen molar-refractivity contribution in [2.45, 2.75) is 12.5 Å². The van der Waals surface area contributed by atoms with Gasteiger partial charge in [-0.1, -0.05) is 12.1 Å². The van der Waals surface area contributed by atoms with Crippen LogP contribution in [0.5, 0.6) is 0 Å². The molecule has 1 aromatic heterocycles. The summed E-state index contributed by atoms with van der Waals surface area (Å²) in [7, 11) is 0. The van der Waals surface area contributed by atoms with Crippen LogP contribution in [0.15, 0.2) is 39.5 Å². The SMILES string of the molecule is O=C(N[C@H](CCS)C(=O)O)c1cc(=O)c2ccccc2o1. The van der Waals surface area contributed by atoms with Crippen molar-refractivity contribution in [3.05, 3.63) is 46.3 Å². The summed E-state index contributed by atoms with van der Waals surface area (Å²) in [5.41, 5.74) is -0.0840. The monoisotopic (exact) mass is 307 g/mol. The van der Waals surface area contributed by atoms with Crippen molar-refractivity contribution in [3.8, 4) is 0 Å². The van der Waals surface area contributed by atoms with Crippen LogP contribution >= 0.6 is 12.6 Å². The number of carboxylic acids is 1. The lowest BCUT2D eigenvalue weighted by Gasteiger charge is -2.12. The van der Waals surface area contributed by atoms with E-state index in [0.29, 0.717) is 11.1 Å². The van der Waals surface area contributed by atoms with Crippen molar-refractivity contribution in [1.29, 1.82) is 0 Å². The van der Waals surface area contributed by atoms with Gasteiger partial charge in [-0.25, -0.2) is 4.79 Å². The predicted molar refractivity (Wildman–Crippen MR) is 79.8 cm³/mol. The van der Waals surface area contributed by atoms with Crippen molar-refractivity contribution >= 4 is 35.5 Å². The van der Waals surface area contributed by atoms with E-state index in [1.165, 1.54) is 0 Å². The number of para-hydroxylation sites is 1. The van der Waals surface area contributed by atoms with E-state index in [1.54, 1.807) is 24.3 Å². The molecule has 0 unspecified atom stereocenters. The van der Waals surface area contributed by atoms with Crippen molar-refractivity contribution < 1.29 is 19.1 Å². The van der Waals surface area contributed by atoms with Crippen LogP contribution in [0.3, 0.4) is 0 Å². The lowest BCUT2D eigenvalue weighted by atomic mass is 10.2. The van der Waals surface area contributed by atoms with Crippen LogP contribution < -0.4 is 10.7 Å². The molecule has 0 bridgehead atoms. The van der Waals surface area contributed by atoms with Gasteiger partial charge in [0.2, 0.25) is 0 Å². The van der Waals surface area contributed by atoms with Gasteiger partial charge >= 0.3 is 5.97 Å². The maximum atomic E-state index is 12.0. The smallest absolute Gasteiger partial charge is 0.326 e. The van der Waals surface area contributed by atoms with Gasteiger partial charge in [-0.05, 0) is 24.3 Å². The highest BCUT2D eigenvalue weighted by molar-refractivity contribution is 7.80. The van der Waals surface area contributed by atoms with Crippen molar-refractivity contribution in [2.24, 2.45) is 0 Å². The molecule has 1 heterocycles. The highest BCUT2D eigenvalue weighted by Crippen LogP contribution is 2.12. The number of carboxylic acid groups (broad SMARTS) is 1. The number of hydrogen-bond donors (Lipinski definition) is 3. The minimum atomic E-state index is -1.17. The molecule has 0 saturated heterocycles. The van der Waals surface area contributed by atoms with Gasteiger partial charge in [-0.3, -0.25) is 9.59 Å². The van der Waals surface area contributed by atoms with E-state index in [2.05, 4.69) is 17.9 Å². The number of nitrogens with one attached hydrogen (secondary N) is 1. The van der Waals surface area contributed by atoms with Gasteiger partial charge in [0.05, 0.1) is 5.39 Å². The molecule has 21 heavy (non-hydrogen) atoms. The Hall–Kier alpha value is -2.28. The highest BCUT2D eigenvalue weighted by atomic mass is 32.1.